The Labute approximate surface area is 144 Å². The number of fused-ring (bicyclic) bond motifs is 1. The van der Waals surface area contributed by atoms with Crippen LogP contribution in [0.1, 0.15) is 28.7 Å². The average Bonchev–Trinajstić information content (AvgIpc) is 2.93. The number of hydrogen-bond donors (Lipinski definition) is 2. The Hall–Kier alpha value is -3.35. The highest BCUT2D eigenvalue weighted by Gasteiger charge is 2.15. The first-order valence-electron chi connectivity index (χ1n) is 7.83. The minimum atomic E-state index is -0.351. The Morgan fingerprint density at radius 1 is 1.40 bits per heavy atom. The number of aryl methyl sites for hydroxylation is 1. The van der Waals surface area contributed by atoms with E-state index in [2.05, 4.69) is 15.5 Å². The van der Waals surface area contributed by atoms with Gasteiger partial charge in [0.25, 0.3) is 5.91 Å². The molecular formula is C18H18N4O3. The lowest BCUT2D eigenvalue weighted by atomic mass is 10.2. The third-order valence-corrected chi connectivity index (χ3v) is 3.58. The van der Waals surface area contributed by atoms with Gasteiger partial charge in [0.1, 0.15) is 11.3 Å². The van der Waals surface area contributed by atoms with E-state index in [9.17, 15) is 9.90 Å². The number of aromatic hydroxyl groups is 1. The Bertz CT molecular complexity index is 947. The first-order valence-corrected chi connectivity index (χ1v) is 7.83. The van der Waals surface area contributed by atoms with Crippen LogP contribution in [0.4, 0.5) is 0 Å². The van der Waals surface area contributed by atoms with Crippen molar-refractivity contribution in [1.82, 2.24) is 14.8 Å². The number of hydrazone groups is 1. The van der Waals surface area contributed by atoms with E-state index in [1.165, 1.54) is 12.3 Å². The zero-order valence-electron chi connectivity index (χ0n) is 13.9. The summed E-state index contributed by atoms with van der Waals surface area (Å²) in [5, 5.41) is 13.7. The van der Waals surface area contributed by atoms with Crippen LogP contribution in [0.15, 0.2) is 47.7 Å². The van der Waals surface area contributed by atoms with Crippen molar-refractivity contribution >= 4 is 17.8 Å². The van der Waals surface area contributed by atoms with E-state index in [1.807, 2.05) is 25.1 Å². The standard InChI is InChI=1S/C18H18N4O3/c1-3-25-15-10-13(7-8-14(15)23)11-19-21-18(24)17-12(2)20-16-6-4-5-9-22(16)17/h4-11,23H,3H2,1-2H3,(H,21,24). The van der Waals surface area contributed by atoms with Crippen molar-refractivity contribution in [1.29, 1.82) is 0 Å². The first kappa shape index (κ1) is 16.5. The van der Waals surface area contributed by atoms with Crippen LogP contribution in [0.2, 0.25) is 0 Å². The van der Waals surface area contributed by atoms with Crippen LogP contribution < -0.4 is 10.2 Å². The van der Waals surface area contributed by atoms with Gasteiger partial charge in [0.05, 0.1) is 18.5 Å². The number of aromatic nitrogens is 2. The molecule has 0 saturated carbocycles. The van der Waals surface area contributed by atoms with Gasteiger partial charge in [-0.3, -0.25) is 9.20 Å². The van der Waals surface area contributed by atoms with Gasteiger partial charge in [0.15, 0.2) is 11.5 Å². The van der Waals surface area contributed by atoms with Gasteiger partial charge in [-0.25, -0.2) is 10.4 Å². The van der Waals surface area contributed by atoms with Crippen LogP contribution in [0.25, 0.3) is 5.65 Å². The topological polar surface area (TPSA) is 88.2 Å². The Balaban J connectivity index is 1.77. The quantitative estimate of drug-likeness (QED) is 0.553. The summed E-state index contributed by atoms with van der Waals surface area (Å²) >= 11 is 0. The molecule has 2 heterocycles. The van der Waals surface area contributed by atoms with Gasteiger partial charge in [-0.2, -0.15) is 5.10 Å². The monoisotopic (exact) mass is 338 g/mol. The smallest absolute Gasteiger partial charge is 0.290 e. The molecule has 7 nitrogen and oxygen atoms in total. The second kappa shape index (κ2) is 7.04. The molecule has 2 aromatic heterocycles. The summed E-state index contributed by atoms with van der Waals surface area (Å²) < 4.78 is 7.03. The summed E-state index contributed by atoms with van der Waals surface area (Å²) in [6.45, 7) is 4.05. The summed E-state index contributed by atoms with van der Waals surface area (Å²) in [5.41, 5.74) is 4.96. The van der Waals surface area contributed by atoms with Crippen LogP contribution in [-0.4, -0.2) is 33.2 Å². The highest BCUT2D eigenvalue weighted by Crippen LogP contribution is 2.26. The zero-order valence-corrected chi connectivity index (χ0v) is 13.9. The number of ether oxygens (including phenoxy) is 1. The number of nitrogens with zero attached hydrogens (tertiary/aromatic N) is 3. The predicted molar refractivity (Wildman–Crippen MR) is 94.3 cm³/mol. The van der Waals surface area contributed by atoms with Gasteiger partial charge in [-0.05, 0) is 49.7 Å². The fraction of sp³-hybridized carbons (Fsp3) is 0.167. The number of carbonyl (C=O) groups is 1. The van der Waals surface area contributed by atoms with Crippen LogP contribution in [0, 0.1) is 6.92 Å². The number of imidazole rings is 1. The first-order chi connectivity index (χ1) is 12.1. The third kappa shape index (κ3) is 3.45. The SMILES string of the molecule is CCOc1cc(C=NNC(=O)c2c(C)nc3ccccn23)ccc1O. The highest BCUT2D eigenvalue weighted by molar-refractivity contribution is 5.95. The summed E-state index contributed by atoms with van der Waals surface area (Å²) in [4.78, 5) is 16.8. The Kier molecular flexibility index (Phi) is 4.65. The molecule has 0 aliphatic carbocycles. The number of phenolic OH excluding ortho intramolecular Hbond substituents is 1. The number of hydrogen-bond acceptors (Lipinski definition) is 5. The normalized spacial score (nSPS) is 11.1. The van der Waals surface area contributed by atoms with Crippen LogP contribution in [0.3, 0.4) is 0 Å². The highest BCUT2D eigenvalue weighted by atomic mass is 16.5. The van der Waals surface area contributed by atoms with Crippen molar-refractivity contribution in [3.8, 4) is 11.5 Å². The van der Waals surface area contributed by atoms with E-state index in [0.29, 0.717) is 35.0 Å². The van der Waals surface area contributed by atoms with Gasteiger partial charge in [0.2, 0.25) is 0 Å². The number of nitrogens with one attached hydrogen (secondary N) is 1. The third-order valence-electron chi connectivity index (χ3n) is 3.58. The van der Waals surface area contributed by atoms with Gasteiger partial charge in [-0.15, -0.1) is 0 Å². The van der Waals surface area contributed by atoms with E-state index < -0.39 is 0 Å². The van der Waals surface area contributed by atoms with Crippen molar-refractivity contribution < 1.29 is 14.6 Å². The fourth-order valence-corrected chi connectivity index (χ4v) is 2.49. The van der Waals surface area contributed by atoms with Gasteiger partial charge >= 0.3 is 0 Å². The largest absolute Gasteiger partial charge is 0.504 e. The van der Waals surface area contributed by atoms with Crippen LogP contribution in [-0.2, 0) is 0 Å². The second-order valence-corrected chi connectivity index (χ2v) is 5.33. The predicted octanol–water partition coefficient (Wildman–Crippen LogP) is 2.51. The molecule has 0 unspecified atom stereocenters. The molecule has 128 valence electrons. The number of amides is 1. The number of carbonyl (C=O) groups excluding carboxylic acids is 1. The minimum absolute atomic E-state index is 0.0596. The van der Waals surface area contributed by atoms with E-state index in [4.69, 9.17) is 4.74 Å². The molecule has 3 aromatic rings. The summed E-state index contributed by atoms with van der Waals surface area (Å²) in [6, 6.07) is 10.4. The molecule has 0 aliphatic heterocycles. The number of benzene rings is 1. The van der Waals surface area contributed by atoms with E-state index in [0.717, 1.165) is 0 Å². The molecule has 7 heteroatoms. The van der Waals surface area contributed by atoms with Crippen molar-refractivity contribution in [3.63, 3.8) is 0 Å². The molecule has 2 N–H and O–H groups in total. The Morgan fingerprint density at radius 3 is 3.04 bits per heavy atom. The van der Waals surface area contributed by atoms with Gasteiger partial charge in [0, 0.05) is 6.20 Å². The summed E-state index contributed by atoms with van der Waals surface area (Å²) in [6.07, 6.45) is 3.26. The summed E-state index contributed by atoms with van der Waals surface area (Å²) in [7, 11) is 0. The van der Waals surface area contributed by atoms with Gasteiger partial charge < -0.3 is 9.84 Å². The maximum Gasteiger partial charge on any atom is 0.290 e. The number of rotatable bonds is 5. The van der Waals surface area contributed by atoms with Crippen molar-refractivity contribution in [2.45, 2.75) is 13.8 Å². The molecule has 0 bridgehead atoms. The van der Waals surface area contributed by atoms with E-state index in [-0.39, 0.29) is 11.7 Å². The average molecular weight is 338 g/mol. The lowest BCUT2D eigenvalue weighted by Gasteiger charge is -2.06. The molecule has 1 amide bonds. The molecule has 0 spiro atoms. The number of phenols is 1. The van der Waals surface area contributed by atoms with Crippen molar-refractivity contribution in [2.24, 2.45) is 5.10 Å². The lowest BCUT2D eigenvalue weighted by Crippen LogP contribution is -2.20. The molecule has 0 aliphatic rings. The van der Waals surface area contributed by atoms with Crippen molar-refractivity contribution in [2.75, 3.05) is 6.61 Å². The molecule has 0 radical (unpaired) electrons. The minimum Gasteiger partial charge on any atom is -0.504 e. The van der Waals surface area contributed by atoms with E-state index >= 15 is 0 Å². The Morgan fingerprint density at radius 2 is 2.24 bits per heavy atom. The van der Waals surface area contributed by atoms with Crippen LogP contribution in [0.5, 0.6) is 11.5 Å². The van der Waals surface area contributed by atoms with E-state index in [1.54, 1.807) is 29.7 Å². The molecular weight excluding hydrogens is 320 g/mol. The second-order valence-electron chi connectivity index (χ2n) is 5.33. The maximum absolute atomic E-state index is 12.4. The summed E-state index contributed by atoms with van der Waals surface area (Å²) in [5.74, 6) is 0.0797. The number of pyridine rings is 1. The molecule has 25 heavy (non-hydrogen) atoms. The van der Waals surface area contributed by atoms with Crippen molar-refractivity contribution in [3.05, 3.63) is 59.5 Å². The van der Waals surface area contributed by atoms with Gasteiger partial charge in [-0.1, -0.05) is 6.07 Å². The molecule has 0 atom stereocenters. The zero-order chi connectivity index (χ0) is 17.8. The lowest BCUT2D eigenvalue weighted by molar-refractivity contribution is 0.0948. The maximum atomic E-state index is 12.4. The molecule has 0 saturated heterocycles. The molecule has 0 fully saturated rings. The molecule has 3 rings (SSSR count). The molecule has 1 aromatic carbocycles. The van der Waals surface area contributed by atoms with Crippen LogP contribution >= 0.6 is 0 Å². The fourth-order valence-electron chi connectivity index (χ4n) is 2.49.